The molecule has 0 spiro atoms. The molecular formula is C9H5NOS2. The van der Waals surface area contributed by atoms with Gasteiger partial charge in [-0.15, -0.1) is 24.0 Å². The van der Waals surface area contributed by atoms with Crippen molar-refractivity contribution in [1.82, 2.24) is 0 Å². The van der Waals surface area contributed by atoms with Gasteiger partial charge in [-0.2, -0.15) is 5.26 Å². The third kappa shape index (κ3) is 1.26. The second kappa shape index (κ2) is 2.95. The smallest absolute Gasteiger partial charge is 0.133 e. The van der Waals surface area contributed by atoms with E-state index in [-0.39, 0.29) is 5.75 Å². The first-order valence-electron chi connectivity index (χ1n) is 3.57. The number of hydrogen-bond donors (Lipinski definition) is 2. The highest BCUT2D eigenvalue weighted by atomic mass is 32.2. The Labute approximate surface area is 84.5 Å². The molecule has 2 nitrogen and oxygen atoms in total. The van der Waals surface area contributed by atoms with Crippen LogP contribution in [0, 0.1) is 11.3 Å². The Morgan fingerprint density at radius 1 is 1.46 bits per heavy atom. The molecule has 0 radical (unpaired) electrons. The minimum atomic E-state index is 0.208. The van der Waals surface area contributed by atoms with Crippen LogP contribution in [0.4, 0.5) is 0 Å². The number of fused-ring (bicyclic) bond motifs is 1. The molecule has 1 N–H and O–H groups in total. The van der Waals surface area contributed by atoms with Gasteiger partial charge in [0.05, 0.1) is 20.5 Å². The fourth-order valence-corrected chi connectivity index (χ4v) is 2.43. The van der Waals surface area contributed by atoms with Crippen molar-refractivity contribution in [1.29, 1.82) is 5.26 Å². The molecule has 0 aliphatic heterocycles. The molecule has 1 aromatic heterocycles. The summed E-state index contributed by atoms with van der Waals surface area (Å²) in [6, 6.07) is 7.01. The van der Waals surface area contributed by atoms with E-state index in [9.17, 15) is 5.11 Å². The second-order valence-corrected chi connectivity index (χ2v) is 4.41. The van der Waals surface area contributed by atoms with Gasteiger partial charge in [0.25, 0.3) is 0 Å². The van der Waals surface area contributed by atoms with Crippen LogP contribution < -0.4 is 0 Å². The molecular weight excluding hydrogens is 202 g/mol. The number of thiol groups is 1. The first-order chi connectivity index (χ1) is 6.22. The third-order valence-electron chi connectivity index (χ3n) is 1.77. The summed E-state index contributed by atoms with van der Waals surface area (Å²) in [6.45, 7) is 0. The maximum atomic E-state index is 9.47. The van der Waals surface area contributed by atoms with E-state index in [1.165, 1.54) is 17.4 Å². The van der Waals surface area contributed by atoms with Crippen molar-refractivity contribution in [2.75, 3.05) is 0 Å². The summed E-state index contributed by atoms with van der Waals surface area (Å²) in [7, 11) is 0. The van der Waals surface area contributed by atoms with E-state index in [0.29, 0.717) is 5.56 Å². The molecule has 2 aromatic rings. The average Bonchev–Trinajstić information content (AvgIpc) is 2.48. The molecule has 0 saturated carbocycles. The van der Waals surface area contributed by atoms with Crippen molar-refractivity contribution in [2.45, 2.75) is 4.21 Å². The lowest BCUT2D eigenvalue weighted by Crippen LogP contribution is -1.74. The average molecular weight is 207 g/mol. The number of nitrogens with zero attached hydrogens (tertiary/aromatic N) is 1. The van der Waals surface area contributed by atoms with E-state index in [0.717, 1.165) is 14.3 Å². The van der Waals surface area contributed by atoms with Gasteiger partial charge in [-0.3, -0.25) is 0 Å². The van der Waals surface area contributed by atoms with Crippen molar-refractivity contribution in [2.24, 2.45) is 0 Å². The summed E-state index contributed by atoms with van der Waals surface area (Å²) in [5.41, 5.74) is 0.573. The fourth-order valence-electron chi connectivity index (χ4n) is 1.19. The van der Waals surface area contributed by atoms with Gasteiger partial charge in [0.2, 0.25) is 0 Å². The standard InChI is InChI=1S/C9H5NOS2/c10-4-5-1-2-7(11)9-6(5)3-8(12)13-9/h1-3,11-12H. The zero-order chi connectivity index (χ0) is 9.42. The van der Waals surface area contributed by atoms with Crippen LogP contribution in [-0.4, -0.2) is 5.11 Å². The molecule has 0 fully saturated rings. The second-order valence-electron chi connectivity index (χ2n) is 2.57. The first-order valence-corrected chi connectivity index (χ1v) is 4.83. The summed E-state index contributed by atoms with van der Waals surface area (Å²) >= 11 is 5.55. The highest BCUT2D eigenvalue weighted by Gasteiger charge is 2.07. The predicted octanol–water partition coefficient (Wildman–Crippen LogP) is 2.77. The van der Waals surface area contributed by atoms with E-state index in [1.54, 1.807) is 12.1 Å². The van der Waals surface area contributed by atoms with Crippen molar-refractivity contribution in [3.05, 3.63) is 23.8 Å². The summed E-state index contributed by atoms with van der Waals surface area (Å²) in [5, 5.41) is 19.0. The van der Waals surface area contributed by atoms with Crippen LogP contribution in [0.15, 0.2) is 22.4 Å². The quantitative estimate of drug-likeness (QED) is 0.652. The minimum Gasteiger partial charge on any atom is -0.506 e. The Morgan fingerprint density at radius 2 is 2.23 bits per heavy atom. The Bertz CT molecular complexity index is 510. The fraction of sp³-hybridized carbons (Fsp3) is 0. The van der Waals surface area contributed by atoms with Gasteiger partial charge in [0.15, 0.2) is 0 Å². The number of benzene rings is 1. The molecule has 0 aliphatic carbocycles. The monoisotopic (exact) mass is 207 g/mol. The van der Waals surface area contributed by atoms with Gasteiger partial charge >= 0.3 is 0 Å². The Morgan fingerprint density at radius 3 is 2.92 bits per heavy atom. The number of aromatic hydroxyl groups is 1. The first kappa shape index (κ1) is 8.42. The van der Waals surface area contributed by atoms with Crippen molar-refractivity contribution in [3.8, 4) is 11.8 Å². The van der Waals surface area contributed by atoms with Crippen molar-refractivity contribution >= 4 is 34.1 Å². The van der Waals surface area contributed by atoms with Crippen LogP contribution in [0.25, 0.3) is 10.1 Å². The van der Waals surface area contributed by atoms with E-state index < -0.39 is 0 Å². The van der Waals surface area contributed by atoms with E-state index in [2.05, 4.69) is 18.7 Å². The van der Waals surface area contributed by atoms with Crippen LogP contribution >= 0.6 is 24.0 Å². The molecule has 0 unspecified atom stereocenters. The van der Waals surface area contributed by atoms with Crippen LogP contribution in [0.2, 0.25) is 0 Å². The molecule has 0 amide bonds. The summed E-state index contributed by atoms with van der Waals surface area (Å²) in [4.78, 5) is 0. The molecule has 0 atom stereocenters. The predicted molar refractivity (Wildman–Crippen MR) is 55.5 cm³/mol. The van der Waals surface area contributed by atoms with Gasteiger partial charge in [-0.1, -0.05) is 0 Å². The van der Waals surface area contributed by atoms with Crippen LogP contribution in [0.1, 0.15) is 5.56 Å². The zero-order valence-electron chi connectivity index (χ0n) is 6.48. The summed E-state index contributed by atoms with van der Waals surface area (Å²) < 4.78 is 1.53. The van der Waals surface area contributed by atoms with Crippen LogP contribution in [0.3, 0.4) is 0 Å². The number of phenols is 1. The molecule has 2 rings (SSSR count). The summed E-state index contributed by atoms with van der Waals surface area (Å²) in [5.74, 6) is 0.208. The van der Waals surface area contributed by atoms with Crippen LogP contribution in [-0.2, 0) is 0 Å². The number of phenolic OH excluding ortho intramolecular Hbond substituents is 1. The third-order valence-corrected chi connectivity index (χ3v) is 3.13. The molecule has 4 heteroatoms. The SMILES string of the molecule is N#Cc1ccc(O)c2sc(S)cc12. The lowest BCUT2D eigenvalue weighted by atomic mass is 10.1. The molecule has 1 heterocycles. The van der Waals surface area contributed by atoms with Gasteiger partial charge in [0.1, 0.15) is 5.75 Å². The largest absolute Gasteiger partial charge is 0.506 e. The lowest BCUT2D eigenvalue weighted by molar-refractivity contribution is 0.482. The highest BCUT2D eigenvalue weighted by molar-refractivity contribution is 7.83. The molecule has 1 aromatic carbocycles. The van der Waals surface area contributed by atoms with Crippen molar-refractivity contribution in [3.63, 3.8) is 0 Å². The molecule has 13 heavy (non-hydrogen) atoms. The zero-order valence-corrected chi connectivity index (χ0v) is 8.19. The molecule has 0 bridgehead atoms. The number of nitriles is 1. The Kier molecular flexibility index (Phi) is 1.91. The van der Waals surface area contributed by atoms with Crippen LogP contribution in [0.5, 0.6) is 5.75 Å². The summed E-state index contributed by atoms with van der Waals surface area (Å²) in [6.07, 6.45) is 0. The molecule has 0 aliphatic rings. The van der Waals surface area contributed by atoms with Crippen molar-refractivity contribution < 1.29 is 5.11 Å². The Hall–Kier alpha value is -1.18. The Balaban J connectivity index is 2.94. The number of hydrogen-bond acceptors (Lipinski definition) is 4. The molecule has 0 saturated heterocycles. The van der Waals surface area contributed by atoms with Gasteiger partial charge in [-0.25, -0.2) is 0 Å². The topological polar surface area (TPSA) is 44.0 Å². The number of thiophene rings is 1. The van der Waals surface area contributed by atoms with Gasteiger partial charge in [0, 0.05) is 5.39 Å². The lowest BCUT2D eigenvalue weighted by Gasteiger charge is -1.94. The van der Waals surface area contributed by atoms with E-state index in [1.807, 2.05) is 0 Å². The van der Waals surface area contributed by atoms with E-state index in [4.69, 9.17) is 5.26 Å². The maximum absolute atomic E-state index is 9.47. The molecule has 64 valence electrons. The number of rotatable bonds is 0. The van der Waals surface area contributed by atoms with Gasteiger partial charge in [-0.05, 0) is 18.2 Å². The maximum Gasteiger partial charge on any atom is 0.133 e. The van der Waals surface area contributed by atoms with Gasteiger partial charge < -0.3 is 5.11 Å². The minimum absolute atomic E-state index is 0.208. The van der Waals surface area contributed by atoms with E-state index >= 15 is 0 Å². The normalized spacial score (nSPS) is 10.2. The highest BCUT2D eigenvalue weighted by Crippen LogP contribution is 2.36.